The van der Waals surface area contributed by atoms with Crippen molar-refractivity contribution in [3.05, 3.63) is 29.8 Å². The zero-order valence-corrected chi connectivity index (χ0v) is 18.0. The van der Waals surface area contributed by atoms with E-state index in [0.717, 1.165) is 50.6 Å². The fraction of sp³-hybridized carbons (Fsp3) is 0.550. The van der Waals surface area contributed by atoms with Crippen molar-refractivity contribution in [1.82, 2.24) is 14.8 Å². The molecule has 1 aromatic heterocycles. The Kier molecular flexibility index (Phi) is 7.03. The van der Waals surface area contributed by atoms with Crippen molar-refractivity contribution < 1.29 is 23.0 Å². The van der Waals surface area contributed by atoms with Crippen LogP contribution in [0.4, 0.5) is 20.4 Å². The molecular weight excluding hydrogens is 428 g/mol. The van der Waals surface area contributed by atoms with E-state index in [4.69, 9.17) is 9.47 Å². The maximum absolute atomic E-state index is 13.4. The molecule has 1 amide bonds. The summed E-state index contributed by atoms with van der Waals surface area (Å²) in [6, 6.07) is 3.26. The number of amides is 1. The number of nitrogens with one attached hydrogen (secondary N) is 1. The van der Waals surface area contributed by atoms with Crippen LogP contribution in [0.5, 0.6) is 0 Å². The lowest BCUT2D eigenvalue weighted by atomic mass is 10.2. The second-order valence-corrected chi connectivity index (χ2v) is 8.81. The van der Waals surface area contributed by atoms with Crippen LogP contribution in [0.2, 0.25) is 0 Å². The first-order valence-electron chi connectivity index (χ1n) is 10.3. The number of thioether (sulfide) groups is 1. The number of rotatable bonds is 7. The molecule has 0 bridgehead atoms. The van der Waals surface area contributed by atoms with E-state index in [1.165, 1.54) is 17.8 Å². The van der Waals surface area contributed by atoms with Crippen LogP contribution >= 0.6 is 11.8 Å². The van der Waals surface area contributed by atoms with E-state index in [2.05, 4.69) is 20.4 Å². The number of aromatic nitrogens is 3. The van der Waals surface area contributed by atoms with Crippen molar-refractivity contribution in [2.45, 2.75) is 42.8 Å². The van der Waals surface area contributed by atoms with Crippen molar-refractivity contribution in [2.24, 2.45) is 0 Å². The SMILES string of the molecule is CC(Sc1nnc(N2CCOCC2)n1CC1CCCO1)C(=O)Nc1ccc(F)c(F)c1. The number of carbonyl (C=O) groups excluding carboxylic acids is 1. The van der Waals surface area contributed by atoms with Crippen LogP contribution in [0.15, 0.2) is 23.4 Å². The molecule has 2 unspecified atom stereocenters. The molecular formula is C20H25F2N5O3S. The van der Waals surface area contributed by atoms with Gasteiger partial charge in [-0.25, -0.2) is 8.78 Å². The van der Waals surface area contributed by atoms with E-state index < -0.39 is 16.9 Å². The van der Waals surface area contributed by atoms with Crippen molar-refractivity contribution in [3.63, 3.8) is 0 Å². The third kappa shape index (κ3) is 5.34. The van der Waals surface area contributed by atoms with Crippen molar-refractivity contribution in [3.8, 4) is 0 Å². The van der Waals surface area contributed by atoms with Crippen molar-refractivity contribution >= 4 is 29.3 Å². The smallest absolute Gasteiger partial charge is 0.237 e. The second-order valence-electron chi connectivity index (χ2n) is 7.51. The number of anilines is 2. The largest absolute Gasteiger partial charge is 0.378 e. The minimum atomic E-state index is -1.01. The van der Waals surface area contributed by atoms with Gasteiger partial charge in [-0.1, -0.05) is 11.8 Å². The van der Waals surface area contributed by atoms with Crippen molar-refractivity contribution in [2.75, 3.05) is 43.1 Å². The molecule has 1 N–H and O–H groups in total. The molecule has 2 aliphatic rings. The zero-order valence-electron chi connectivity index (χ0n) is 17.2. The maximum atomic E-state index is 13.4. The van der Waals surface area contributed by atoms with E-state index in [1.807, 2.05) is 4.57 Å². The Bertz CT molecular complexity index is 916. The van der Waals surface area contributed by atoms with E-state index in [0.29, 0.717) is 24.9 Å². The monoisotopic (exact) mass is 453 g/mol. The van der Waals surface area contributed by atoms with Gasteiger partial charge in [-0.3, -0.25) is 9.36 Å². The number of nitrogens with zero attached hydrogens (tertiary/aromatic N) is 4. The second kappa shape index (κ2) is 9.92. The van der Waals surface area contributed by atoms with E-state index >= 15 is 0 Å². The molecule has 3 heterocycles. The Morgan fingerprint density at radius 2 is 2.06 bits per heavy atom. The first kappa shape index (κ1) is 22.0. The summed E-state index contributed by atoms with van der Waals surface area (Å²) < 4.78 is 39.8. The van der Waals surface area contributed by atoms with Crippen LogP contribution in [-0.4, -0.2) is 64.9 Å². The summed E-state index contributed by atoms with van der Waals surface area (Å²) in [5.74, 6) is -1.56. The summed E-state index contributed by atoms with van der Waals surface area (Å²) in [4.78, 5) is 14.7. The third-order valence-corrected chi connectivity index (χ3v) is 6.32. The van der Waals surface area contributed by atoms with Crippen LogP contribution < -0.4 is 10.2 Å². The van der Waals surface area contributed by atoms with Gasteiger partial charge >= 0.3 is 0 Å². The molecule has 2 aromatic rings. The maximum Gasteiger partial charge on any atom is 0.237 e. The van der Waals surface area contributed by atoms with Gasteiger partial charge in [0.15, 0.2) is 16.8 Å². The summed E-state index contributed by atoms with van der Waals surface area (Å²) in [5.41, 5.74) is 0.200. The topological polar surface area (TPSA) is 81.5 Å². The molecule has 0 radical (unpaired) electrons. The number of hydrogen-bond donors (Lipinski definition) is 1. The van der Waals surface area contributed by atoms with E-state index in [1.54, 1.807) is 6.92 Å². The molecule has 4 rings (SSSR count). The van der Waals surface area contributed by atoms with Crippen molar-refractivity contribution in [1.29, 1.82) is 0 Å². The van der Waals surface area contributed by atoms with Crippen LogP contribution in [0.25, 0.3) is 0 Å². The molecule has 0 spiro atoms. The molecule has 31 heavy (non-hydrogen) atoms. The molecule has 2 aliphatic heterocycles. The summed E-state index contributed by atoms with van der Waals surface area (Å²) in [7, 11) is 0. The highest BCUT2D eigenvalue weighted by Crippen LogP contribution is 2.29. The molecule has 1 aromatic carbocycles. The zero-order chi connectivity index (χ0) is 21.8. The average molecular weight is 454 g/mol. The first-order chi connectivity index (χ1) is 15.0. The van der Waals surface area contributed by atoms with Crippen LogP contribution in [-0.2, 0) is 20.8 Å². The number of hydrogen-bond acceptors (Lipinski definition) is 7. The minimum Gasteiger partial charge on any atom is -0.378 e. The summed E-state index contributed by atoms with van der Waals surface area (Å²) >= 11 is 1.27. The van der Waals surface area contributed by atoms with Gasteiger partial charge in [0.25, 0.3) is 0 Å². The average Bonchev–Trinajstić information content (AvgIpc) is 3.42. The highest BCUT2D eigenvalue weighted by molar-refractivity contribution is 8.00. The molecule has 0 saturated carbocycles. The molecule has 168 valence electrons. The highest BCUT2D eigenvalue weighted by Gasteiger charge is 2.27. The van der Waals surface area contributed by atoms with Gasteiger partial charge in [-0.05, 0) is 31.9 Å². The molecule has 8 nitrogen and oxygen atoms in total. The molecule has 11 heteroatoms. The van der Waals surface area contributed by atoms with Crippen LogP contribution in [0.1, 0.15) is 19.8 Å². The lowest BCUT2D eigenvalue weighted by molar-refractivity contribution is -0.115. The van der Waals surface area contributed by atoms with E-state index in [9.17, 15) is 13.6 Å². The Morgan fingerprint density at radius 1 is 1.26 bits per heavy atom. The van der Waals surface area contributed by atoms with Crippen LogP contribution in [0.3, 0.4) is 0 Å². The Balaban J connectivity index is 1.48. The normalized spacial score (nSPS) is 20.1. The third-order valence-electron chi connectivity index (χ3n) is 5.24. The van der Waals surface area contributed by atoms with Gasteiger partial charge in [0.05, 0.1) is 31.1 Å². The molecule has 2 atom stereocenters. The summed E-state index contributed by atoms with van der Waals surface area (Å²) in [6.45, 7) is 5.79. The van der Waals surface area contributed by atoms with Gasteiger partial charge in [0, 0.05) is 31.5 Å². The Labute approximate surface area is 183 Å². The molecule has 2 fully saturated rings. The molecule has 2 saturated heterocycles. The summed E-state index contributed by atoms with van der Waals surface area (Å²) in [5, 5.41) is 11.4. The Hall–Kier alpha value is -2.24. The quantitative estimate of drug-likeness (QED) is 0.646. The van der Waals surface area contributed by atoms with Gasteiger partial charge < -0.3 is 19.7 Å². The predicted octanol–water partition coefficient (Wildman–Crippen LogP) is 2.69. The highest BCUT2D eigenvalue weighted by atomic mass is 32.2. The fourth-order valence-corrected chi connectivity index (χ4v) is 4.40. The van der Waals surface area contributed by atoms with E-state index in [-0.39, 0.29) is 17.7 Å². The van der Waals surface area contributed by atoms with Gasteiger partial charge in [0.2, 0.25) is 11.9 Å². The lowest BCUT2D eigenvalue weighted by Gasteiger charge is -2.28. The predicted molar refractivity (Wildman–Crippen MR) is 112 cm³/mol. The number of ether oxygens (including phenoxy) is 2. The van der Waals surface area contributed by atoms with Gasteiger partial charge in [0.1, 0.15) is 0 Å². The summed E-state index contributed by atoms with van der Waals surface area (Å²) in [6.07, 6.45) is 2.08. The standard InChI is InChI=1S/C20H25F2N5O3S/c1-13(18(28)23-14-4-5-16(21)17(22)11-14)31-20-25-24-19(26-6-9-29-10-7-26)27(20)12-15-3-2-8-30-15/h4-5,11,13,15H,2-3,6-10,12H2,1H3,(H,23,28). The number of carbonyl (C=O) groups is 1. The van der Waals surface area contributed by atoms with Gasteiger partial charge in [-0.15, -0.1) is 10.2 Å². The number of morpholine rings is 1. The Morgan fingerprint density at radius 3 is 2.77 bits per heavy atom. The first-order valence-corrected chi connectivity index (χ1v) is 11.2. The number of benzene rings is 1. The molecule has 0 aliphatic carbocycles. The van der Waals surface area contributed by atoms with Gasteiger partial charge in [-0.2, -0.15) is 0 Å². The van der Waals surface area contributed by atoms with Crippen LogP contribution in [0, 0.1) is 11.6 Å². The lowest BCUT2D eigenvalue weighted by Crippen LogP contribution is -2.38. The fourth-order valence-electron chi connectivity index (χ4n) is 3.55. The number of halogens is 2. The minimum absolute atomic E-state index is 0.0847.